The van der Waals surface area contributed by atoms with Gasteiger partial charge in [0.05, 0.1) is 29.3 Å². The summed E-state index contributed by atoms with van der Waals surface area (Å²) in [7, 11) is 0. The lowest BCUT2D eigenvalue weighted by Crippen LogP contribution is -2.39. The van der Waals surface area contributed by atoms with Crippen LogP contribution >= 0.6 is 0 Å². The molecule has 0 spiro atoms. The molecule has 33 heavy (non-hydrogen) atoms. The highest BCUT2D eigenvalue weighted by Crippen LogP contribution is 2.35. The summed E-state index contributed by atoms with van der Waals surface area (Å²) >= 11 is 0. The first-order valence-electron chi connectivity index (χ1n) is 10.6. The summed E-state index contributed by atoms with van der Waals surface area (Å²) in [6.07, 6.45) is 3.67. The zero-order valence-corrected chi connectivity index (χ0v) is 18.5. The fraction of sp³-hybridized carbons (Fsp3) is 0.240. The molecular weight excluding hydrogens is 423 g/mol. The van der Waals surface area contributed by atoms with Gasteiger partial charge in [-0.1, -0.05) is 12.1 Å². The van der Waals surface area contributed by atoms with Crippen LogP contribution in [0.2, 0.25) is 0 Å². The van der Waals surface area contributed by atoms with E-state index in [0.29, 0.717) is 11.4 Å². The van der Waals surface area contributed by atoms with Crippen LogP contribution in [0.25, 0.3) is 16.8 Å². The normalized spacial score (nSPS) is 13.8. The van der Waals surface area contributed by atoms with Gasteiger partial charge >= 0.3 is 0 Å². The second-order valence-corrected chi connectivity index (χ2v) is 8.64. The molecule has 4 heterocycles. The number of aryl methyl sites for hydroxylation is 1. The molecule has 0 fully saturated rings. The minimum Gasteiger partial charge on any atom is -0.478 e. The van der Waals surface area contributed by atoms with Gasteiger partial charge in [0.2, 0.25) is 0 Å². The van der Waals surface area contributed by atoms with E-state index in [-0.39, 0.29) is 24.8 Å². The smallest absolute Gasteiger partial charge is 0.265 e. The Morgan fingerprint density at radius 1 is 1.15 bits per heavy atom. The molecule has 1 aliphatic heterocycles. The number of hydrogen-bond donors (Lipinski definition) is 1. The number of fused-ring (bicyclic) bond motifs is 2. The molecule has 1 amide bonds. The lowest BCUT2D eigenvalue weighted by Gasteiger charge is -2.29. The predicted octanol–water partition coefficient (Wildman–Crippen LogP) is 4.00. The molecule has 0 saturated heterocycles. The highest BCUT2D eigenvalue weighted by molar-refractivity contribution is 5.97. The molecule has 0 saturated carbocycles. The number of aliphatic hydroxyl groups is 1. The van der Waals surface area contributed by atoms with Crippen LogP contribution in [0.15, 0.2) is 54.9 Å². The maximum absolute atomic E-state index is 14.2. The quantitative estimate of drug-likeness (QED) is 0.513. The van der Waals surface area contributed by atoms with Gasteiger partial charge in [-0.25, -0.2) is 9.37 Å². The molecule has 168 valence electrons. The van der Waals surface area contributed by atoms with Crippen molar-refractivity contribution in [1.29, 1.82) is 0 Å². The van der Waals surface area contributed by atoms with Crippen LogP contribution in [0.4, 0.5) is 10.1 Å². The number of hydrogen-bond acceptors (Lipinski definition) is 5. The van der Waals surface area contributed by atoms with Crippen molar-refractivity contribution in [2.45, 2.75) is 32.9 Å². The third-order valence-electron chi connectivity index (χ3n) is 5.83. The van der Waals surface area contributed by atoms with Crippen LogP contribution in [-0.4, -0.2) is 32.0 Å². The van der Waals surface area contributed by atoms with E-state index in [2.05, 4.69) is 9.97 Å². The Hall–Kier alpha value is -3.78. The molecule has 1 aromatic carbocycles. The largest absolute Gasteiger partial charge is 0.478 e. The Morgan fingerprint density at radius 2 is 1.94 bits per heavy atom. The summed E-state index contributed by atoms with van der Waals surface area (Å²) in [5.74, 6) is -0.656. The number of para-hydroxylation sites is 1. The average molecular weight is 446 g/mol. The van der Waals surface area contributed by atoms with Gasteiger partial charge in [-0.05, 0) is 51.1 Å². The number of benzene rings is 1. The minimum atomic E-state index is -1.02. The van der Waals surface area contributed by atoms with E-state index in [1.807, 2.05) is 35.7 Å². The number of amides is 1. The second-order valence-electron chi connectivity index (χ2n) is 8.64. The summed E-state index contributed by atoms with van der Waals surface area (Å²) in [6, 6.07) is 12.1. The zero-order chi connectivity index (χ0) is 23.3. The Labute approximate surface area is 190 Å². The van der Waals surface area contributed by atoms with E-state index in [1.165, 1.54) is 11.0 Å². The molecule has 0 unspecified atom stereocenters. The van der Waals surface area contributed by atoms with Gasteiger partial charge in [0.25, 0.3) is 5.91 Å². The molecule has 0 radical (unpaired) electrons. The third kappa shape index (κ3) is 3.72. The third-order valence-corrected chi connectivity index (χ3v) is 5.83. The lowest BCUT2D eigenvalue weighted by molar-refractivity contribution is -0.121. The van der Waals surface area contributed by atoms with Crippen LogP contribution in [0.5, 0.6) is 5.75 Å². The molecule has 8 heteroatoms. The van der Waals surface area contributed by atoms with Crippen LogP contribution in [0, 0.1) is 12.7 Å². The maximum atomic E-state index is 14.2. The van der Waals surface area contributed by atoms with Crippen LogP contribution in [0.3, 0.4) is 0 Å². The van der Waals surface area contributed by atoms with Crippen molar-refractivity contribution in [2.24, 2.45) is 0 Å². The molecule has 3 aromatic heterocycles. The Morgan fingerprint density at radius 3 is 2.67 bits per heavy atom. The molecule has 5 rings (SSSR count). The lowest BCUT2D eigenvalue weighted by atomic mass is 10.0. The number of imidazole rings is 1. The fourth-order valence-electron chi connectivity index (χ4n) is 4.02. The van der Waals surface area contributed by atoms with Gasteiger partial charge in [-0.15, -0.1) is 0 Å². The number of anilines is 1. The summed E-state index contributed by atoms with van der Waals surface area (Å²) in [4.78, 5) is 23.2. The number of nitrogens with zero attached hydrogens (tertiary/aromatic N) is 4. The number of aromatic nitrogens is 3. The highest BCUT2D eigenvalue weighted by atomic mass is 19.1. The summed E-state index contributed by atoms with van der Waals surface area (Å²) in [5.41, 5.74) is 4.11. The van der Waals surface area contributed by atoms with Crippen molar-refractivity contribution in [3.8, 4) is 16.9 Å². The number of ether oxygens (including phenoxy) is 1. The van der Waals surface area contributed by atoms with Crippen LogP contribution in [-0.2, 0) is 16.9 Å². The van der Waals surface area contributed by atoms with Gasteiger partial charge in [-0.3, -0.25) is 14.7 Å². The monoisotopic (exact) mass is 446 g/mol. The predicted molar refractivity (Wildman–Crippen MR) is 121 cm³/mol. The van der Waals surface area contributed by atoms with Crippen LogP contribution in [0.1, 0.15) is 30.9 Å². The fourth-order valence-corrected chi connectivity index (χ4v) is 4.02. The Kier molecular flexibility index (Phi) is 4.90. The van der Waals surface area contributed by atoms with Crippen LogP contribution < -0.4 is 9.64 Å². The van der Waals surface area contributed by atoms with Crippen molar-refractivity contribution >= 4 is 17.2 Å². The van der Waals surface area contributed by atoms with E-state index in [1.54, 1.807) is 38.2 Å². The van der Waals surface area contributed by atoms with E-state index < -0.39 is 11.4 Å². The van der Waals surface area contributed by atoms with Crippen molar-refractivity contribution in [1.82, 2.24) is 14.4 Å². The van der Waals surface area contributed by atoms with E-state index in [9.17, 15) is 14.3 Å². The molecule has 7 nitrogen and oxygen atoms in total. The first kappa shape index (κ1) is 21.1. The number of carbonyl (C=O) groups is 1. The number of halogens is 1. The standard InChI is InChI=1S/C25H23FN4O3/c1-15-20(13-30-19-6-4-5-18(26)24(19)33-14-23(30)31)29-12-17(8-10-22(29)28-15)16-7-9-21(27-11-16)25(2,3)32/h4-12,32H,13-14H2,1-3H3. The second kappa shape index (κ2) is 7.67. The molecule has 4 aromatic rings. The molecular formula is C25H23FN4O3. The van der Waals surface area contributed by atoms with Gasteiger partial charge < -0.3 is 14.2 Å². The van der Waals surface area contributed by atoms with E-state index >= 15 is 0 Å². The minimum absolute atomic E-state index is 0.0854. The molecule has 1 N–H and O–H groups in total. The molecule has 0 atom stereocenters. The highest BCUT2D eigenvalue weighted by Gasteiger charge is 2.29. The number of rotatable bonds is 4. The summed E-state index contributed by atoms with van der Waals surface area (Å²) in [5, 5.41) is 10.2. The molecule has 0 bridgehead atoms. The maximum Gasteiger partial charge on any atom is 0.265 e. The molecule has 1 aliphatic rings. The molecule has 0 aliphatic carbocycles. The summed E-state index contributed by atoms with van der Waals surface area (Å²) < 4.78 is 21.5. The zero-order valence-electron chi connectivity index (χ0n) is 18.5. The van der Waals surface area contributed by atoms with E-state index in [4.69, 9.17) is 4.74 Å². The topological polar surface area (TPSA) is 80.0 Å². The van der Waals surface area contributed by atoms with Crippen molar-refractivity contribution in [2.75, 3.05) is 11.5 Å². The Balaban J connectivity index is 1.54. The van der Waals surface area contributed by atoms with Gasteiger partial charge in [0, 0.05) is 23.5 Å². The first-order valence-corrected chi connectivity index (χ1v) is 10.6. The van der Waals surface area contributed by atoms with Crippen molar-refractivity contribution in [3.05, 3.63) is 77.8 Å². The van der Waals surface area contributed by atoms with Crippen molar-refractivity contribution in [3.63, 3.8) is 0 Å². The Bertz CT molecular complexity index is 1370. The van der Waals surface area contributed by atoms with Gasteiger partial charge in [0.15, 0.2) is 18.2 Å². The van der Waals surface area contributed by atoms with Gasteiger partial charge in [-0.2, -0.15) is 0 Å². The average Bonchev–Trinajstić information content (AvgIpc) is 3.09. The van der Waals surface area contributed by atoms with E-state index in [0.717, 1.165) is 28.2 Å². The van der Waals surface area contributed by atoms with Gasteiger partial charge in [0.1, 0.15) is 11.2 Å². The number of carbonyl (C=O) groups excluding carboxylic acids is 1. The first-order chi connectivity index (χ1) is 15.7. The number of pyridine rings is 2. The summed E-state index contributed by atoms with van der Waals surface area (Å²) in [6.45, 7) is 5.29. The van der Waals surface area contributed by atoms with Crippen molar-refractivity contribution < 1.29 is 19.0 Å². The SMILES string of the molecule is Cc1nc2ccc(-c3ccc(C(C)(C)O)nc3)cn2c1CN1C(=O)COc2c(F)cccc21.